The summed E-state index contributed by atoms with van der Waals surface area (Å²) in [6.07, 6.45) is -12.1. The third-order valence-corrected chi connectivity index (χ3v) is 4.77. The van der Waals surface area contributed by atoms with E-state index in [1.807, 2.05) is 0 Å². The Bertz CT molecular complexity index is 1130. The van der Waals surface area contributed by atoms with Crippen molar-refractivity contribution in [2.45, 2.75) is 24.9 Å². The third kappa shape index (κ3) is 4.44. The summed E-state index contributed by atoms with van der Waals surface area (Å²) in [5, 5.41) is 17.3. The Balaban J connectivity index is 2.02. The third-order valence-electron chi connectivity index (χ3n) is 4.77. The maximum Gasteiger partial charge on any atom is 0.429 e. The predicted octanol–water partition coefficient (Wildman–Crippen LogP) is 3.89. The number of methoxy groups -OCH3 is 2. The van der Waals surface area contributed by atoms with Crippen LogP contribution in [0.15, 0.2) is 36.4 Å². The number of para-hydroxylation sites is 1. The highest BCUT2D eigenvalue weighted by atomic mass is 19.4. The van der Waals surface area contributed by atoms with E-state index in [9.17, 15) is 31.4 Å². The number of aryl methyl sites for hydroxylation is 1. The van der Waals surface area contributed by atoms with Gasteiger partial charge in [-0.1, -0.05) is 12.1 Å². The van der Waals surface area contributed by atoms with Crippen molar-refractivity contribution in [3.63, 3.8) is 0 Å². The molecule has 0 spiro atoms. The van der Waals surface area contributed by atoms with Crippen molar-refractivity contribution in [2.24, 2.45) is 0 Å². The van der Waals surface area contributed by atoms with Crippen molar-refractivity contribution in [1.29, 1.82) is 0 Å². The quantitative estimate of drug-likeness (QED) is 0.501. The zero-order valence-corrected chi connectivity index (χ0v) is 17.9. The van der Waals surface area contributed by atoms with E-state index < -0.39 is 30.4 Å². The highest BCUT2D eigenvalue weighted by Crippen LogP contribution is 2.43. The number of halogens is 6. The van der Waals surface area contributed by atoms with Gasteiger partial charge in [0.05, 0.1) is 14.2 Å². The van der Waals surface area contributed by atoms with Crippen LogP contribution in [0.5, 0.6) is 17.4 Å². The van der Waals surface area contributed by atoms with Crippen LogP contribution in [0.2, 0.25) is 0 Å². The summed E-state index contributed by atoms with van der Waals surface area (Å²) in [6, 6.07) is 8.68. The lowest BCUT2D eigenvalue weighted by Crippen LogP contribution is -2.60. The van der Waals surface area contributed by atoms with E-state index in [1.54, 1.807) is 25.1 Å². The van der Waals surface area contributed by atoms with Gasteiger partial charge in [0.2, 0.25) is 5.88 Å². The summed E-state index contributed by atoms with van der Waals surface area (Å²) >= 11 is 0. The van der Waals surface area contributed by atoms with E-state index in [2.05, 4.69) is 19.9 Å². The molecule has 34 heavy (non-hydrogen) atoms. The number of ether oxygens (including phenoxy) is 3. The van der Waals surface area contributed by atoms with Crippen LogP contribution >= 0.6 is 0 Å². The molecule has 2 aromatic heterocycles. The van der Waals surface area contributed by atoms with E-state index in [1.165, 1.54) is 30.9 Å². The van der Waals surface area contributed by atoms with E-state index in [0.717, 1.165) is 6.07 Å². The predicted molar refractivity (Wildman–Crippen MR) is 105 cm³/mol. The molecule has 0 bridgehead atoms. The molecule has 0 amide bonds. The zero-order valence-electron chi connectivity index (χ0n) is 17.9. The fraction of sp³-hybridized carbons (Fsp3) is 0.350. The second-order valence-electron chi connectivity index (χ2n) is 6.92. The number of alkyl halides is 6. The number of pyridine rings is 1. The SMILES string of the molecule is COc1cccc(OC)c1-n1c(C)nnc1-c1cccc(OCC(O)(C(F)(F)F)C(F)(F)F)n1. The van der Waals surface area contributed by atoms with Crippen LogP contribution in [-0.4, -0.2) is 63.6 Å². The fourth-order valence-electron chi connectivity index (χ4n) is 2.97. The first-order chi connectivity index (χ1) is 15.8. The summed E-state index contributed by atoms with van der Waals surface area (Å²) in [5.41, 5.74) is -4.69. The van der Waals surface area contributed by atoms with Crippen molar-refractivity contribution in [2.75, 3.05) is 20.8 Å². The summed E-state index contributed by atoms with van der Waals surface area (Å²) < 4.78 is 94.4. The minimum absolute atomic E-state index is 0.00798. The molecule has 1 aromatic carbocycles. The van der Waals surface area contributed by atoms with Gasteiger partial charge in [-0.25, -0.2) is 4.98 Å². The van der Waals surface area contributed by atoms with E-state index in [0.29, 0.717) is 23.0 Å². The molecule has 0 aliphatic carbocycles. The Hall–Kier alpha value is -3.55. The van der Waals surface area contributed by atoms with Crippen LogP contribution in [-0.2, 0) is 0 Å². The highest BCUT2D eigenvalue weighted by molar-refractivity contribution is 5.63. The molecule has 1 N–H and O–H groups in total. The van der Waals surface area contributed by atoms with Crippen molar-refractivity contribution in [3.8, 4) is 34.6 Å². The molecule has 0 unspecified atom stereocenters. The molecule has 0 fully saturated rings. The molecule has 3 aromatic rings. The zero-order chi connectivity index (χ0) is 25.3. The van der Waals surface area contributed by atoms with Gasteiger partial charge in [-0.2, -0.15) is 26.3 Å². The Morgan fingerprint density at radius 3 is 1.97 bits per heavy atom. The first-order valence-electron chi connectivity index (χ1n) is 9.43. The number of benzene rings is 1. The molecule has 0 atom stereocenters. The standard InChI is InChI=1S/C20H18F6N4O4/c1-11-28-29-17(30(11)16-13(32-2)7-5-8-14(16)33-3)12-6-4-9-15(27-12)34-10-18(31,19(21,22)23)20(24,25)26/h4-9,31H,10H2,1-3H3. The van der Waals surface area contributed by atoms with E-state index in [-0.39, 0.29) is 11.5 Å². The molecule has 0 radical (unpaired) electrons. The molecule has 184 valence electrons. The molecule has 0 saturated carbocycles. The highest BCUT2D eigenvalue weighted by Gasteiger charge is 2.71. The van der Waals surface area contributed by atoms with Crippen LogP contribution in [0.1, 0.15) is 5.82 Å². The molecule has 0 aliphatic rings. The van der Waals surface area contributed by atoms with Gasteiger partial charge in [-0.05, 0) is 25.1 Å². The van der Waals surface area contributed by atoms with E-state index in [4.69, 9.17) is 9.47 Å². The van der Waals surface area contributed by atoms with Crippen molar-refractivity contribution in [1.82, 2.24) is 19.7 Å². The van der Waals surface area contributed by atoms with Gasteiger partial charge in [0.1, 0.15) is 35.3 Å². The molecule has 8 nitrogen and oxygen atoms in total. The molecule has 0 saturated heterocycles. The lowest BCUT2D eigenvalue weighted by Gasteiger charge is -2.31. The van der Waals surface area contributed by atoms with Crippen LogP contribution < -0.4 is 14.2 Å². The average molecular weight is 492 g/mol. The summed E-state index contributed by atoms with van der Waals surface area (Å²) in [7, 11) is 2.85. The first kappa shape index (κ1) is 25.1. The van der Waals surface area contributed by atoms with Crippen LogP contribution in [0, 0.1) is 6.92 Å². The molecular weight excluding hydrogens is 474 g/mol. The van der Waals surface area contributed by atoms with Crippen LogP contribution in [0.25, 0.3) is 17.2 Å². The molecule has 0 aliphatic heterocycles. The Kier molecular flexibility index (Phi) is 6.64. The van der Waals surface area contributed by atoms with Crippen LogP contribution in [0.4, 0.5) is 26.3 Å². The topological polar surface area (TPSA) is 91.5 Å². The molecular formula is C20H18F6N4O4. The van der Waals surface area contributed by atoms with Gasteiger partial charge in [0, 0.05) is 6.07 Å². The van der Waals surface area contributed by atoms with Gasteiger partial charge < -0.3 is 19.3 Å². The molecule has 14 heteroatoms. The molecule has 2 heterocycles. The maximum absolute atomic E-state index is 12.9. The largest absolute Gasteiger partial charge is 0.494 e. The van der Waals surface area contributed by atoms with E-state index >= 15 is 0 Å². The average Bonchev–Trinajstić information content (AvgIpc) is 3.16. The number of aliphatic hydroxyl groups is 1. The number of rotatable bonds is 7. The lowest BCUT2D eigenvalue weighted by molar-refractivity contribution is -0.373. The number of aromatic nitrogens is 4. The van der Waals surface area contributed by atoms with Gasteiger partial charge in [0.15, 0.2) is 5.82 Å². The maximum atomic E-state index is 12.9. The Labute approximate surface area is 188 Å². The summed E-state index contributed by atoms with van der Waals surface area (Å²) in [6.45, 7) is -0.544. The number of nitrogens with zero attached hydrogens (tertiary/aromatic N) is 4. The van der Waals surface area contributed by atoms with Gasteiger partial charge in [-0.15, -0.1) is 10.2 Å². The minimum atomic E-state index is -6.03. The normalized spacial score (nSPS) is 12.5. The summed E-state index contributed by atoms with van der Waals surface area (Å²) in [4.78, 5) is 3.95. The van der Waals surface area contributed by atoms with Gasteiger partial charge in [0.25, 0.3) is 5.60 Å². The van der Waals surface area contributed by atoms with Crippen molar-refractivity contribution < 1.29 is 45.7 Å². The second-order valence-corrected chi connectivity index (χ2v) is 6.92. The monoisotopic (exact) mass is 492 g/mol. The first-order valence-corrected chi connectivity index (χ1v) is 9.43. The Morgan fingerprint density at radius 1 is 0.882 bits per heavy atom. The van der Waals surface area contributed by atoms with Gasteiger partial charge >= 0.3 is 12.4 Å². The fourth-order valence-corrected chi connectivity index (χ4v) is 2.97. The van der Waals surface area contributed by atoms with Crippen molar-refractivity contribution >= 4 is 0 Å². The summed E-state index contributed by atoms with van der Waals surface area (Å²) in [5.74, 6) is 0.568. The van der Waals surface area contributed by atoms with Crippen LogP contribution in [0.3, 0.4) is 0 Å². The van der Waals surface area contributed by atoms with Crippen molar-refractivity contribution in [3.05, 3.63) is 42.2 Å². The molecule has 3 rings (SSSR count). The smallest absolute Gasteiger partial charge is 0.429 e. The number of hydrogen-bond acceptors (Lipinski definition) is 7. The number of hydrogen-bond donors (Lipinski definition) is 1. The van der Waals surface area contributed by atoms with Gasteiger partial charge in [-0.3, -0.25) is 4.57 Å². The lowest BCUT2D eigenvalue weighted by atomic mass is 10.0. The minimum Gasteiger partial charge on any atom is -0.494 e. The Morgan fingerprint density at radius 2 is 1.44 bits per heavy atom. The second kappa shape index (κ2) is 9.00.